The van der Waals surface area contributed by atoms with E-state index < -0.39 is 0 Å². The lowest BCUT2D eigenvalue weighted by atomic mass is 9.95. The Bertz CT molecular complexity index is 2970. The van der Waals surface area contributed by atoms with E-state index in [9.17, 15) is 0 Å². The topological polar surface area (TPSA) is 9.86 Å². The Morgan fingerprint density at radius 3 is 1.23 bits per heavy atom. The van der Waals surface area contributed by atoms with Crippen molar-refractivity contribution in [2.75, 3.05) is 0 Å². The van der Waals surface area contributed by atoms with Gasteiger partial charge in [0.1, 0.15) is 0 Å². The van der Waals surface area contributed by atoms with Crippen LogP contribution in [-0.2, 0) is 19.3 Å². The van der Waals surface area contributed by atoms with Crippen LogP contribution in [0.3, 0.4) is 0 Å². The van der Waals surface area contributed by atoms with Crippen LogP contribution in [0.1, 0.15) is 48.9 Å². The number of para-hydroxylation sites is 4. The van der Waals surface area contributed by atoms with Crippen LogP contribution in [0.5, 0.6) is 0 Å². The Morgan fingerprint density at radius 1 is 0.368 bits per heavy atom. The van der Waals surface area contributed by atoms with Crippen LogP contribution in [0.15, 0.2) is 170 Å². The van der Waals surface area contributed by atoms with E-state index in [4.69, 9.17) is 0 Å². The molecule has 2 heterocycles. The van der Waals surface area contributed by atoms with E-state index in [-0.39, 0.29) is 0 Å². The minimum atomic E-state index is 0.971. The first-order valence-corrected chi connectivity index (χ1v) is 20.7. The molecule has 274 valence electrons. The van der Waals surface area contributed by atoms with E-state index in [1.807, 2.05) is 0 Å². The fourth-order valence-electron chi connectivity index (χ4n) is 9.77. The van der Waals surface area contributed by atoms with E-state index >= 15 is 0 Å². The molecule has 0 atom stereocenters. The Labute approximate surface area is 334 Å². The Balaban J connectivity index is 0.999. The highest BCUT2D eigenvalue weighted by atomic mass is 15.0. The summed E-state index contributed by atoms with van der Waals surface area (Å²) in [5, 5.41) is 5.18. The molecule has 0 aliphatic heterocycles. The van der Waals surface area contributed by atoms with Crippen LogP contribution in [-0.4, -0.2) is 9.13 Å². The van der Waals surface area contributed by atoms with Crippen LogP contribution >= 0.6 is 0 Å². The monoisotopic (exact) mass is 732 g/mol. The highest BCUT2D eigenvalue weighted by Gasteiger charge is 2.22. The summed E-state index contributed by atoms with van der Waals surface area (Å²) in [6.07, 6.45) is 5.34. The zero-order valence-electron chi connectivity index (χ0n) is 32.6. The number of hydrogen-bond acceptors (Lipinski definition) is 0. The molecule has 0 unspecified atom stereocenters. The lowest BCUT2D eigenvalue weighted by Gasteiger charge is -2.13. The van der Waals surface area contributed by atoms with Crippen molar-refractivity contribution in [3.63, 3.8) is 0 Å². The van der Waals surface area contributed by atoms with Gasteiger partial charge in [-0.3, -0.25) is 0 Å². The Kier molecular flexibility index (Phi) is 8.00. The molecule has 1 aliphatic rings. The lowest BCUT2D eigenvalue weighted by molar-refractivity contribution is 0.909. The molecular formula is C55H44N2. The number of rotatable bonds is 8. The van der Waals surface area contributed by atoms with Crippen LogP contribution in [0, 0.1) is 0 Å². The molecule has 0 spiro atoms. The largest absolute Gasteiger partial charge is 0.309 e. The van der Waals surface area contributed by atoms with Crippen molar-refractivity contribution >= 4 is 43.6 Å². The molecule has 2 aromatic heterocycles. The van der Waals surface area contributed by atoms with Crippen molar-refractivity contribution in [1.29, 1.82) is 0 Å². The van der Waals surface area contributed by atoms with Gasteiger partial charge >= 0.3 is 0 Å². The highest BCUT2D eigenvalue weighted by Crippen LogP contribution is 2.43. The number of hydrogen-bond donors (Lipinski definition) is 0. The first-order chi connectivity index (χ1) is 28.2. The zero-order valence-corrected chi connectivity index (χ0v) is 32.6. The summed E-state index contributed by atoms with van der Waals surface area (Å²) >= 11 is 0. The predicted molar refractivity (Wildman–Crippen MR) is 242 cm³/mol. The molecule has 10 aromatic rings. The maximum atomic E-state index is 2.47. The van der Waals surface area contributed by atoms with Crippen molar-refractivity contribution in [1.82, 2.24) is 9.13 Å². The molecule has 0 amide bonds. The number of benzene rings is 8. The average Bonchev–Trinajstić information content (AvgIpc) is 3.91. The average molecular weight is 733 g/mol. The van der Waals surface area contributed by atoms with Gasteiger partial charge in [0, 0.05) is 32.9 Å². The van der Waals surface area contributed by atoms with Gasteiger partial charge in [0.25, 0.3) is 0 Å². The van der Waals surface area contributed by atoms with Crippen molar-refractivity contribution in [2.24, 2.45) is 0 Å². The van der Waals surface area contributed by atoms with Gasteiger partial charge in [-0.1, -0.05) is 136 Å². The molecule has 0 saturated heterocycles. The number of aryl methyl sites for hydroxylation is 2. The summed E-state index contributed by atoms with van der Waals surface area (Å²) < 4.78 is 4.95. The molecule has 2 heteroatoms. The van der Waals surface area contributed by atoms with Crippen LogP contribution in [0.2, 0.25) is 0 Å². The van der Waals surface area contributed by atoms with Gasteiger partial charge in [0.05, 0.1) is 22.1 Å². The smallest absolute Gasteiger partial charge is 0.0541 e. The maximum Gasteiger partial charge on any atom is 0.0541 e. The minimum Gasteiger partial charge on any atom is -0.309 e. The van der Waals surface area contributed by atoms with Gasteiger partial charge in [0.15, 0.2) is 0 Å². The third-order valence-corrected chi connectivity index (χ3v) is 12.4. The second-order valence-electron chi connectivity index (χ2n) is 15.8. The molecular weight excluding hydrogens is 689 g/mol. The summed E-state index contributed by atoms with van der Waals surface area (Å²) in [6.45, 7) is 4.53. The van der Waals surface area contributed by atoms with Gasteiger partial charge < -0.3 is 9.13 Å². The van der Waals surface area contributed by atoms with Gasteiger partial charge in [-0.15, -0.1) is 0 Å². The van der Waals surface area contributed by atoms with Gasteiger partial charge in [-0.2, -0.15) is 0 Å². The summed E-state index contributed by atoms with van der Waals surface area (Å²) in [7, 11) is 0. The summed E-state index contributed by atoms with van der Waals surface area (Å²) in [5.74, 6) is 0. The van der Waals surface area contributed by atoms with E-state index in [1.54, 1.807) is 0 Å². The predicted octanol–water partition coefficient (Wildman–Crippen LogP) is 14.7. The van der Waals surface area contributed by atoms with Crippen molar-refractivity contribution in [3.05, 3.63) is 192 Å². The van der Waals surface area contributed by atoms with Crippen molar-refractivity contribution in [2.45, 2.75) is 46.0 Å². The molecule has 8 aromatic carbocycles. The second-order valence-corrected chi connectivity index (χ2v) is 15.8. The molecule has 0 N–H and O–H groups in total. The fraction of sp³-hybridized carbons (Fsp3) is 0.127. The highest BCUT2D eigenvalue weighted by molar-refractivity contribution is 6.12. The van der Waals surface area contributed by atoms with Gasteiger partial charge in [-0.05, 0) is 136 Å². The molecule has 2 nitrogen and oxygen atoms in total. The summed E-state index contributed by atoms with van der Waals surface area (Å²) in [5.41, 5.74) is 20.9. The molecule has 0 radical (unpaired) electrons. The van der Waals surface area contributed by atoms with E-state index in [0.717, 1.165) is 32.1 Å². The van der Waals surface area contributed by atoms with Crippen LogP contribution in [0.25, 0.3) is 88.4 Å². The third kappa shape index (κ3) is 5.39. The quantitative estimate of drug-likeness (QED) is 0.147. The Hall–Kier alpha value is -6.64. The maximum absolute atomic E-state index is 2.47. The van der Waals surface area contributed by atoms with Crippen molar-refractivity contribution < 1.29 is 0 Å². The van der Waals surface area contributed by atoms with E-state index in [1.165, 1.54) is 111 Å². The SMILES string of the molecule is CCCc1ccccc1-n1c2ccccc2c2cc(-c3ccc4c(c3)-c3cc(-c5ccc6c(c5)c5ccccc5n6-c5ccccc5CCC)ccc3C4)ccc21. The first kappa shape index (κ1) is 33.7. The Morgan fingerprint density at radius 2 is 0.754 bits per heavy atom. The number of fused-ring (bicyclic) bond motifs is 9. The molecule has 0 bridgehead atoms. The molecule has 0 saturated carbocycles. The fourth-order valence-corrected chi connectivity index (χ4v) is 9.77. The van der Waals surface area contributed by atoms with E-state index in [2.05, 4.69) is 193 Å². The molecule has 57 heavy (non-hydrogen) atoms. The third-order valence-electron chi connectivity index (χ3n) is 12.4. The van der Waals surface area contributed by atoms with E-state index in [0.29, 0.717) is 0 Å². The molecule has 11 rings (SSSR count). The second kappa shape index (κ2) is 13.5. The lowest BCUT2D eigenvalue weighted by Crippen LogP contribution is -1.99. The number of aromatic nitrogens is 2. The number of nitrogens with zero attached hydrogens (tertiary/aromatic N) is 2. The standard InChI is InChI=1S/C55H44N2/c1-3-13-36-15-5-9-19-50(36)56-52-21-11-7-17-44(52)48-34-40(27-29-54(48)56)38-23-25-42-31-43-26-24-39(33-47(43)46(42)32-38)41-28-30-55-49(35-41)45-18-8-12-22-53(45)57(55)51-20-10-6-16-37(51)14-4-2/h5-12,15-30,32-35H,3-4,13-14,31H2,1-2H3. The zero-order chi connectivity index (χ0) is 38.0. The van der Waals surface area contributed by atoms with Crippen molar-refractivity contribution in [3.8, 4) is 44.8 Å². The van der Waals surface area contributed by atoms with Crippen LogP contribution < -0.4 is 0 Å². The first-order valence-electron chi connectivity index (χ1n) is 20.7. The van der Waals surface area contributed by atoms with Gasteiger partial charge in [-0.25, -0.2) is 0 Å². The van der Waals surface area contributed by atoms with Gasteiger partial charge in [0.2, 0.25) is 0 Å². The summed E-state index contributed by atoms with van der Waals surface area (Å²) in [4.78, 5) is 0. The molecule has 0 fully saturated rings. The summed E-state index contributed by atoms with van der Waals surface area (Å²) in [6, 6.07) is 63.9. The minimum absolute atomic E-state index is 0.971. The molecule has 1 aliphatic carbocycles. The van der Waals surface area contributed by atoms with Crippen LogP contribution in [0.4, 0.5) is 0 Å². The normalized spacial score (nSPS) is 12.2.